The Morgan fingerprint density at radius 1 is 1.80 bits per heavy atom. The van der Waals surface area contributed by atoms with E-state index in [1.54, 1.807) is 13.0 Å². The summed E-state index contributed by atoms with van der Waals surface area (Å²) in [4.78, 5) is 15.1. The molecule has 5 nitrogen and oxygen atoms in total. The summed E-state index contributed by atoms with van der Waals surface area (Å²) in [5.74, 6) is -0.694. The molecule has 1 N–H and O–H groups in total. The average molecular weight is 226 g/mol. The van der Waals surface area contributed by atoms with Crippen molar-refractivity contribution in [1.29, 1.82) is 5.26 Å². The zero-order chi connectivity index (χ0) is 11.3. The van der Waals surface area contributed by atoms with Crippen LogP contribution in [0.4, 0.5) is 0 Å². The van der Waals surface area contributed by atoms with Gasteiger partial charge in [0.15, 0.2) is 5.57 Å². The van der Waals surface area contributed by atoms with Gasteiger partial charge in [0, 0.05) is 0 Å². The Labute approximate surface area is 91.7 Å². The van der Waals surface area contributed by atoms with Crippen molar-refractivity contribution in [2.75, 3.05) is 6.61 Å². The van der Waals surface area contributed by atoms with Crippen molar-refractivity contribution in [3.8, 4) is 6.07 Å². The molecule has 0 saturated carbocycles. The van der Waals surface area contributed by atoms with Crippen LogP contribution in [0.1, 0.15) is 6.92 Å². The smallest absolute Gasteiger partial charge is 0.351 e. The summed E-state index contributed by atoms with van der Waals surface area (Å²) >= 11 is 5.63. The van der Waals surface area contributed by atoms with E-state index in [0.717, 1.165) is 0 Å². The summed E-state index contributed by atoms with van der Waals surface area (Å²) < 4.78 is 4.70. The molecule has 15 heavy (non-hydrogen) atoms. The molecule has 0 aromatic rings. The Kier molecular flexibility index (Phi) is 3.89. The number of rotatable bonds is 2. The number of carbonyl (C=O) groups is 1. The Bertz CT molecular complexity index is 404. The highest BCUT2D eigenvalue weighted by molar-refractivity contribution is 6.29. The molecule has 1 heterocycles. The normalized spacial score (nSPS) is 17.3. The van der Waals surface area contributed by atoms with Crippen LogP contribution < -0.4 is 5.32 Å². The monoisotopic (exact) mass is 225 g/mol. The van der Waals surface area contributed by atoms with Crippen molar-refractivity contribution in [1.82, 2.24) is 5.32 Å². The third-order valence-corrected chi connectivity index (χ3v) is 1.70. The van der Waals surface area contributed by atoms with E-state index in [4.69, 9.17) is 21.6 Å². The molecular formula is C9H8ClN3O2. The summed E-state index contributed by atoms with van der Waals surface area (Å²) in [6.07, 6.45) is 2.70. The molecule has 0 aromatic carbocycles. The van der Waals surface area contributed by atoms with Gasteiger partial charge in [0.25, 0.3) is 0 Å². The Balaban J connectivity index is 2.96. The molecule has 78 valence electrons. The maximum Gasteiger partial charge on any atom is 0.351 e. The highest BCUT2D eigenvalue weighted by atomic mass is 35.5. The lowest BCUT2D eigenvalue weighted by Gasteiger charge is -2.10. The van der Waals surface area contributed by atoms with E-state index in [0.29, 0.717) is 0 Å². The second-order valence-electron chi connectivity index (χ2n) is 2.50. The molecule has 0 aromatic heterocycles. The molecule has 1 aliphatic rings. The molecular weight excluding hydrogens is 218 g/mol. The van der Waals surface area contributed by atoms with Gasteiger partial charge in [-0.1, -0.05) is 11.6 Å². The summed E-state index contributed by atoms with van der Waals surface area (Å²) in [6, 6.07) is 1.74. The maximum absolute atomic E-state index is 11.3. The quantitative estimate of drug-likeness (QED) is 0.330. The SMILES string of the molecule is CCOC(=O)C(C#N)=C1C=NC=C(Cl)N1. The summed E-state index contributed by atoms with van der Waals surface area (Å²) in [6.45, 7) is 1.87. The van der Waals surface area contributed by atoms with Gasteiger partial charge in [0.2, 0.25) is 0 Å². The van der Waals surface area contributed by atoms with Crippen molar-refractivity contribution < 1.29 is 9.53 Å². The van der Waals surface area contributed by atoms with Crippen LogP contribution in [0.3, 0.4) is 0 Å². The largest absolute Gasteiger partial charge is 0.462 e. The third kappa shape index (κ3) is 2.82. The van der Waals surface area contributed by atoms with E-state index >= 15 is 0 Å². The van der Waals surface area contributed by atoms with Gasteiger partial charge in [-0.15, -0.1) is 0 Å². The molecule has 0 radical (unpaired) electrons. The van der Waals surface area contributed by atoms with E-state index in [1.807, 2.05) is 0 Å². The fourth-order valence-electron chi connectivity index (χ4n) is 0.917. The molecule has 6 heteroatoms. The second kappa shape index (κ2) is 5.17. The van der Waals surface area contributed by atoms with Crippen LogP contribution in [0.5, 0.6) is 0 Å². The minimum absolute atomic E-state index is 0.146. The van der Waals surface area contributed by atoms with Crippen molar-refractivity contribution in [2.24, 2.45) is 4.99 Å². The number of nitrogens with one attached hydrogen (secondary N) is 1. The highest BCUT2D eigenvalue weighted by Crippen LogP contribution is 2.10. The van der Waals surface area contributed by atoms with Gasteiger partial charge in [-0.2, -0.15) is 5.26 Å². The number of hydrogen-bond acceptors (Lipinski definition) is 5. The maximum atomic E-state index is 11.3. The predicted octanol–water partition coefficient (Wildman–Crippen LogP) is 1.04. The number of hydrogen-bond donors (Lipinski definition) is 1. The molecule has 0 unspecified atom stereocenters. The van der Waals surface area contributed by atoms with E-state index in [9.17, 15) is 4.79 Å². The van der Waals surface area contributed by atoms with E-state index < -0.39 is 5.97 Å². The van der Waals surface area contributed by atoms with Gasteiger partial charge in [0.1, 0.15) is 11.2 Å². The van der Waals surface area contributed by atoms with Crippen LogP contribution >= 0.6 is 11.6 Å². The minimum atomic E-state index is -0.694. The van der Waals surface area contributed by atoms with Crippen LogP contribution in [0.2, 0.25) is 0 Å². The van der Waals surface area contributed by atoms with Gasteiger partial charge >= 0.3 is 5.97 Å². The van der Waals surface area contributed by atoms with Gasteiger partial charge in [-0.3, -0.25) is 4.99 Å². The van der Waals surface area contributed by atoms with Crippen LogP contribution in [0.25, 0.3) is 0 Å². The van der Waals surface area contributed by atoms with E-state index in [1.165, 1.54) is 12.4 Å². The first-order valence-electron chi connectivity index (χ1n) is 4.16. The summed E-state index contributed by atoms with van der Waals surface area (Å²) in [5, 5.41) is 11.7. The lowest BCUT2D eigenvalue weighted by Crippen LogP contribution is -2.20. The zero-order valence-corrected chi connectivity index (χ0v) is 8.71. The van der Waals surface area contributed by atoms with Crippen molar-refractivity contribution >= 4 is 23.8 Å². The Morgan fingerprint density at radius 2 is 2.53 bits per heavy atom. The standard InChI is InChI=1S/C9H8ClN3O2/c1-2-15-9(14)6(3-11)7-4-12-5-8(10)13-7/h4-5,13H,2H2,1H3. The third-order valence-electron chi connectivity index (χ3n) is 1.51. The van der Waals surface area contributed by atoms with Crippen LogP contribution in [-0.4, -0.2) is 18.8 Å². The molecule has 0 aliphatic carbocycles. The van der Waals surface area contributed by atoms with Crippen molar-refractivity contribution in [3.05, 3.63) is 22.6 Å². The molecule has 0 saturated heterocycles. The van der Waals surface area contributed by atoms with Gasteiger partial charge in [-0.05, 0) is 6.92 Å². The number of aliphatic imine (C=N–C) groups is 1. The lowest BCUT2D eigenvalue weighted by atomic mass is 10.2. The van der Waals surface area contributed by atoms with E-state index in [-0.39, 0.29) is 23.0 Å². The molecule has 0 bridgehead atoms. The first-order chi connectivity index (χ1) is 7.19. The summed E-state index contributed by atoms with van der Waals surface area (Å²) in [5.41, 5.74) is 0.0929. The molecule has 1 rings (SSSR count). The van der Waals surface area contributed by atoms with Gasteiger partial charge in [-0.25, -0.2) is 4.79 Å². The van der Waals surface area contributed by atoms with Gasteiger partial charge < -0.3 is 10.1 Å². The lowest BCUT2D eigenvalue weighted by molar-refractivity contribution is -0.138. The number of carbonyl (C=O) groups excluding carboxylic acids is 1. The fraction of sp³-hybridized carbons (Fsp3) is 0.222. The number of nitrogens with zero attached hydrogens (tertiary/aromatic N) is 2. The number of allylic oxidation sites excluding steroid dienone is 1. The number of ether oxygens (including phenoxy) is 1. The Hall–Kier alpha value is -1.80. The highest BCUT2D eigenvalue weighted by Gasteiger charge is 2.17. The molecule has 0 amide bonds. The first kappa shape index (κ1) is 11.3. The molecule has 0 fully saturated rings. The second-order valence-corrected chi connectivity index (χ2v) is 2.91. The topological polar surface area (TPSA) is 74.5 Å². The first-order valence-corrected chi connectivity index (χ1v) is 4.54. The number of nitriles is 1. The van der Waals surface area contributed by atoms with E-state index in [2.05, 4.69) is 10.3 Å². The predicted molar refractivity (Wildman–Crippen MR) is 54.8 cm³/mol. The average Bonchev–Trinajstić information content (AvgIpc) is 2.19. The summed E-state index contributed by atoms with van der Waals surface area (Å²) in [7, 11) is 0. The number of esters is 1. The van der Waals surface area contributed by atoms with Crippen LogP contribution in [0, 0.1) is 11.3 Å². The van der Waals surface area contributed by atoms with Crippen LogP contribution in [-0.2, 0) is 9.53 Å². The number of halogens is 1. The minimum Gasteiger partial charge on any atom is -0.462 e. The van der Waals surface area contributed by atoms with Crippen LogP contribution in [0.15, 0.2) is 27.6 Å². The molecule has 1 aliphatic heterocycles. The molecule has 0 atom stereocenters. The Morgan fingerprint density at radius 3 is 3.07 bits per heavy atom. The van der Waals surface area contributed by atoms with Gasteiger partial charge in [0.05, 0.1) is 24.7 Å². The van der Waals surface area contributed by atoms with Crippen molar-refractivity contribution in [3.63, 3.8) is 0 Å². The molecule has 0 spiro atoms. The van der Waals surface area contributed by atoms with Crippen molar-refractivity contribution in [2.45, 2.75) is 6.92 Å². The zero-order valence-electron chi connectivity index (χ0n) is 7.95. The fourth-order valence-corrected chi connectivity index (χ4v) is 1.07.